The zero-order valence-corrected chi connectivity index (χ0v) is 15.1. The van der Waals surface area contributed by atoms with E-state index in [2.05, 4.69) is 46.6 Å². The minimum Gasteiger partial charge on any atom is -0.367 e. The molecule has 0 radical (unpaired) electrons. The zero-order chi connectivity index (χ0) is 17.5. The van der Waals surface area contributed by atoms with Gasteiger partial charge < -0.3 is 9.88 Å². The van der Waals surface area contributed by atoms with Gasteiger partial charge in [0.25, 0.3) is 0 Å². The molecule has 4 aromatic rings. The highest BCUT2D eigenvalue weighted by atomic mass is 32.1. The second kappa shape index (κ2) is 6.17. The smallest absolute Gasteiger partial charge is 0.154 e. The molecule has 5 rings (SSSR count). The Bertz CT molecular complexity index is 1030. The molecule has 0 aliphatic heterocycles. The molecular weight excluding hydrogens is 348 g/mol. The number of nitrogens with zero attached hydrogens (tertiary/aromatic N) is 7. The molecule has 8 nitrogen and oxygen atoms in total. The standard InChI is InChI=1S/C17H18N8S/c1-24-14(9-25-5-2-4-20-25)22-23-16(24)11-7-12(8-11)21-15-13-3-6-26-17(13)19-10-18-15/h2-6,10-12H,7-9H2,1H3,(H,18,19,21). The average molecular weight is 366 g/mol. The van der Waals surface area contributed by atoms with Crippen molar-refractivity contribution in [1.82, 2.24) is 34.5 Å². The van der Waals surface area contributed by atoms with E-state index in [4.69, 9.17) is 0 Å². The highest BCUT2D eigenvalue weighted by Crippen LogP contribution is 2.38. The molecule has 0 bridgehead atoms. The van der Waals surface area contributed by atoms with Gasteiger partial charge >= 0.3 is 0 Å². The SMILES string of the molecule is Cn1c(Cn2cccn2)nnc1C1CC(Nc2ncnc3sccc23)C1. The van der Waals surface area contributed by atoms with Crippen LogP contribution in [0.2, 0.25) is 0 Å². The molecule has 132 valence electrons. The van der Waals surface area contributed by atoms with Gasteiger partial charge in [-0.3, -0.25) is 4.68 Å². The number of hydrogen-bond acceptors (Lipinski definition) is 7. The molecular formula is C17H18N8S. The molecule has 0 saturated heterocycles. The van der Waals surface area contributed by atoms with Crippen molar-refractivity contribution in [1.29, 1.82) is 0 Å². The van der Waals surface area contributed by atoms with Crippen molar-refractivity contribution < 1.29 is 0 Å². The predicted molar refractivity (Wildman–Crippen MR) is 99.1 cm³/mol. The second-order valence-electron chi connectivity index (χ2n) is 6.61. The maximum Gasteiger partial charge on any atom is 0.154 e. The molecule has 4 aromatic heterocycles. The summed E-state index contributed by atoms with van der Waals surface area (Å²) < 4.78 is 3.96. The van der Waals surface area contributed by atoms with Crippen LogP contribution in [0.3, 0.4) is 0 Å². The van der Waals surface area contributed by atoms with Crippen LogP contribution >= 0.6 is 11.3 Å². The summed E-state index contributed by atoms with van der Waals surface area (Å²) in [5, 5.41) is 19.7. The Morgan fingerprint density at radius 1 is 1.27 bits per heavy atom. The maximum atomic E-state index is 4.42. The van der Waals surface area contributed by atoms with E-state index >= 15 is 0 Å². The van der Waals surface area contributed by atoms with Gasteiger partial charge in [0.05, 0.1) is 5.39 Å². The topological polar surface area (TPSA) is 86.3 Å². The lowest BCUT2D eigenvalue weighted by Crippen LogP contribution is -2.35. The van der Waals surface area contributed by atoms with Crippen LogP contribution in [-0.4, -0.2) is 40.6 Å². The molecule has 4 heterocycles. The third-order valence-electron chi connectivity index (χ3n) is 4.97. The fraction of sp³-hybridized carbons (Fsp3) is 0.353. The summed E-state index contributed by atoms with van der Waals surface area (Å²) >= 11 is 1.64. The molecule has 0 unspecified atom stereocenters. The molecule has 0 spiro atoms. The van der Waals surface area contributed by atoms with Crippen molar-refractivity contribution in [2.75, 3.05) is 5.32 Å². The predicted octanol–water partition coefficient (Wildman–Crippen LogP) is 2.42. The van der Waals surface area contributed by atoms with Crippen LogP contribution in [0, 0.1) is 0 Å². The first-order chi connectivity index (χ1) is 12.8. The summed E-state index contributed by atoms with van der Waals surface area (Å²) in [5.74, 6) is 3.33. The lowest BCUT2D eigenvalue weighted by molar-refractivity contribution is 0.351. The third-order valence-corrected chi connectivity index (χ3v) is 5.79. The number of anilines is 1. The fourth-order valence-corrected chi connectivity index (χ4v) is 4.19. The van der Waals surface area contributed by atoms with Gasteiger partial charge in [0.15, 0.2) is 5.82 Å². The summed E-state index contributed by atoms with van der Waals surface area (Å²) in [6.07, 6.45) is 7.40. The van der Waals surface area contributed by atoms with E-state index in [-0.39, 0.29) is 0 Å². The van der Waals surface area contributed by atoms with Crippen LogP contribution < -0.4 is 5.32 Å². The molecule has 1 fully saturated rings. The van der Waals surface area contributed by atoms with Crippen LogP contribution in [0.4, 0.5) is 5.82 Å². The van der Waals surface area contributed by atoms with Crippen LogP contribution in [0.25, 0.3) is 10.2 Å². The summed E-state index contributed by atoms with van der Waals surface area (Å²) in [6, 6.07) is 4.39. The normalized spacial score (nSPS) is 19.6. The second-order valence-corrected chi connectivity index (χ2v) is 7.50. The van der Waals surface area contributed by atoms with Crippen molar-refractivity contribution in [3.8, 4) is 0 Å². The van der Waals surface area contributed by atoms with Gasteiger partial charge in [0.1, 0.15) is 29.3 Å². The van der Waals surface area contributed by atoms with Crippen LogP contribution in [0.1, 0.15) is 30.4 Å². The van der Waals surface area contributed by atoms with Gasteiger partial charge in [0, 0.05) is 31.4 Å². The van der Waals surface area contributed by atoms with E-state index in [0.29, 0.717) is 18.5 Å². The number of hydrogen-bond donors (Lipinski definition) is 1. The fourth-order valence-electron chi connectivity index (χ4n) is 3.45. The minimum atomic E-state index is 0.407. The Hall–Kier alpha value is -2.81. The third kappa shape index (κ3) is 2.64. The van der Waals surface area contributed by atoms with Crippen molar-refractivity contribution in [2.24, 2.45) is 7.05 Å². The summed E-state index contributed by atoms with van der Waals surface area (Å²) in [6.45, 7) is 0.641. The summed E-state index contributed by atoms with van der Waals surface area (Å²) in [5.41, 5.74) is 0. The van der Waals surface area contributed by atoms with Gasteiger partial charge in [-0.05, 0) is 30.4 Å². The first kappa shape index (κ1) is 15.4. The Morgan fingerprint density at radius 3 is 3.04 bits per heavy atom. The molecule has 1 aliphatic rings. The monoisotopic (exact) mass is 366 g/mol. The van der Waals surface area contributed by atoms with Crippen molar-refractivity contribution in [2.45, 2.75) is 31.3 Å². The molecule has 9 heteroatoms. The van der Waals surface area contributed by atoms with E-state index in [1.807, 2.05) is 24.0 Å². The highest BCUT2D eigenvalue weighted by Gasteiger charge is 2.34. The van der Waals surface area contributed by atoms with Crippen LogP contribution in [0.5, 0.6) is 0 Å². The lowest BCUT2D eigenvalue weighted by atomic mass is 9.79. The lowest BCUT2D eigenvalue weighted by Gasteiger charge is -2.35. The zero-order valence-electron chi connectivity index (χ0n) is 14.3. The highest BCUT2D eigenvalue weighted by molar-refractivity contribution is 7.16. The van der Waals surface area contributed by atoms with E-state index < -0.39 is 0 Å². The Labute approximate surface area is 153 Å². The Kier molecular flexibility index (Phi) is 3.66. The Morgan fingerprint density at radius 2 is 2.19 bits per heavy atom. The number of rotatable bonds is 5. The van der Waals surface area contributed by atoms with Crippen LogP contribution in [0.15, 0.2) is 36.2 Å². The molecule has 0 atom stereocenters. The van der Waals surface area contributed by atoms with E-state index in [1.165, 1.54) is 0 Å². The number of aromatic nitrogens is 7. The Balaban J connectivity index is 1.26. The molecule has 0 aromatic carbocycles. The van der Waals surface area contributed by atoms with Gasteiger partial charge in [-0.1, -0.05) is 0 Å². The number of nitrogens with one attached hydrogen (secondary N) is 1. The minimum absolute atomic E-state index is 0.407. The van der Waals surface area contributed by atoms with Crippen molar-refractivity contribution >= 4 is 27.4 Å². The maximum absolute atomic E-state index is 4.42. The molecule has 26 heavy (non-hydrogen) atoms. The molecule has 0 amide bonds. The summed E-state index contributed by atoms with van der Waals surface area (Å²) in [4.78, 5) is 9.73. The van der Waals surface area contributed by atoms with E-state index in [9.17, 15) is 0 Å². The van der Waals surface area contributed by atoms with Crippen LogP contribution in [-0.2, 0) is 13.6 Å². The first-order valence-corrected chi connectivity index (χ1v) is 9.46. The first-order valence-electron chi connectivity index (χ1n) is 8.58. The van der Waals surface area contributed by atoms with Gasteiger partial charge in [-0.25, -0.2) is 9.97 Å². The van der Waals surface area contributed by atoms with Crippen molar-refractivity contribution in [3.05, 3.63) is 47.9 Å². The molecule has 1 saturated carbocycles. The summed E-state index contributed by atoms with van der Waals surface area (Å²) in [7, 11) is 2.04. The van der Waals surface area contributed by atoms with Crippen molar-refractivity contribution in [3.63, 3.8) is 0 Å². The molecule has 1 aliphatic carbocycles. The molecule has 1 N–H and O–H groups in total. The average Bonchev–Trinajstić information content (AvgIpc) is 3.34. The van der Waals surface area contributed by atoms with Gasteiger partial charge in [-0.15, -0.1) is 21.5 Å². The largest absolute Gasteiger partial charge is 0.367 e. The van der Waals surface area contributed by atoms with E-state index in [1.54, 1.807) is 23.9 Å². The number of fused-ring (bicyclic) bond motifs is 1. The van der Waals surface area contributed by atoms with Gasteiger partial charge in [0.2, 0.25) is 0 Å². The van der Waals surface area contributed by atoms with E-state index in [0.717, 1.165) is 40.5 Å². The van der Waals surface area contributed by atoms with Gasteiger partial charge in [-0.2, -0.15) is 5.10 Å². The number of thiophene rings is 1. The quantitative estimate of drug-likeness (QED) is 0.584.